The van der Waals surface area contributed by atoms with Crippen LogP contribution in [0.25, 0.3) is 0 Å². The van der Waals surface area contributed by atoms with Crippen LogP contribution in [0.15, 0.2) is 18.2 Å². The zero-order valence-electron chi connectivity index (χ0n) is 8.76. The molecule has 0 aromatic heterocycles. The molecule has 1 nitrogen and oxygen atoms in total. The van der Waals surface area contributed by atoms with E-state index in [1.807, 2.05) is 12.1 Å². The minimum Gasteiger partial charge on any atom is -0.303 e. The normalized spacial score (nSPS) is 22.1. The van der Waals surface area contributed by atoms with Crippen LogP contribution in [-0.4, -0.2) is 24.5 Å². The Kier molecular flexibility index (Phi) is 2.55. The van der Waals surface area contributed by atoms with Crippen molar-refractivity contribution in [2.75, 3.05) is 13.6 Å². The van der Waals surface area contributed by atoms with Crippen LogP contribution in [0.2, 0.25) is 0 Å². The first-order chi connectivity index (χ1) is 6.66. The highest BCUT2D eigenvalue weighted by Gasteiger charge is 2.23. The summed E-state index contributed by atoms with van der Waals surface area (Å²) < 4.78 is 13.2. The number of likely N-dealkylation sites (N-methyl/N-ethyl adjacent to an activating group) is 1. The van der Waals surface area contributed by atoms with Crippen LogP contribution in [-0.2, 0) is 6.42 Å². The van der Waals surface area contributed by atoms with Gasteiger partial charge in [-0.25, -0.2) is 4.39 Å². The molecule has 1 aliphatic rings. The molecular weight excluding hydrogens is 177 g/mol. The molecule has 0 radical (unpaired) electrons. The zero-order valence-corrected chi connectivity index (χ0v) is 8.76. The zero-order chi connectivity index (χ0) is 10.1. The molecule has 0 amide bonds. The Labute approximate surface area is 84.5 Å². The van der Waals surface area contributed by atoms with Gasteiger partial charge in [0.05, 0.1) is 0 Å². The highest BCUT2D eigenvalue weighted by atomic mass is 19.1. The van der Waals surface area contributed by atoms with Crippen molar-refractivity contribution >= 4 is 0 Å². The van der Waals surface area contributed by atoms with Crippen LogP contribution >= 0.6 is 0 Å². The number of benzene rings is 1. The second-order valence-electron chi connectivity index (χ2n) is 4.21. The molecule has 14 heavy (non-hydrogen) atoms. The van der Waals surface area contributed by atoms with Crippen LogP contribution in [0.4, 0.5) is 4.39 Å². The lowest BCUT2D eigenvalue weighted by Gasteiger charge is -2.38. The van der Waals surface area contributed by atoms with Crippen molar-refractivity contribution in [3.8, 4) is 0 Å². The topological polar surface area (TPSA) is 3.24 Å². The summed E-state index contributed by atoms with van der Waals surface area (Å²) in [5.74, 6) is -0.0792. The molecule has 1 saturated heterocycles. The summed E-state index contributed by atoms with van der Waals surface area (Å²) in [6, 6.07) is 6.19. The number of aryl methyl sites for hydroxylation is 1. The van der Waals surface area contributed by atoms with Gasteiger partial charge in [0.25, 0.3) is 0 Å². The predicted octanol–water partition coefficient (Wildman–Crippen LogP) is 2.38. The number of halogens is 1. The number of rotatable bonds is 2. The fraction of sp³-hybridized carbons (Fsp3) is 0.500. The molecule has 0 N–H and O–H groups in total. The summed E-state index contributed by atoms with van der Waals surface area (Å²) >= 11 is 0. The van der Waals surface area contributed by atoms with Gasteiger partial charge in [0.2, 0.25) is 0 Å². The number of hydrogen-bond acceptors (Lipinski definition) is 1. The maximum absolute atomic E-state index is 13.2. The van der Waals surface area contributed by atoms with Crippen LogP contribution in [0.5, 0.6) is 0 Å². The van der Waals surface area contributed by atoms with Crippen LogP contribution in [0, 0.1) is 12.7 Å². The van der Waals surface area contributed by atoms with Crippen molar-refractivity contribution in [2.24, 2.45) is 0 Å². The molecule has 1 aromatic rings. The molecule has 1 aliphatic heterocycles. The molecule has 1 unspecified atom stereocenters. The molecule has 0 spiro atoms. The molecule has 1 heterocycles. The Morgan fingerprint density at radius 3 is 2.79 bits per heavy atom. The molecular formula is C12H16FN. The van der Waals surface area contributed by atoms with E-state index in [2.05, 4.69) is 11.9 Å². The van der Waals surface area contributed by atoms with Crippen LogP contribution < -0.4 is 0 Å². The number of hydrogen-bond donors (Lipinski definition) is 0. The minimum atomic E-state index is -0.0792. The van der Waals surface area contributed by atoms with E-state index in [-0.39, 0.29) is 5.82 Å². The molecule has 1 fully saturated rings. The second-order valence-corrected chi connectivity index (χ2v) is 4.21. The lowest BCUT2D eigenvalue weighted by molar-refractivity contribution is 0.126. The van der Waals surface area contributed by atoms with Gasteiger partial charge in [-0.15, -0.1) is 0 Å². The quantitative estimate of drug-likeness (QED) is 0.697. The lowest BCUT2D eigenvalue weighted by Crippen LogP contribution is -2.45. The van der Waals surface area contributed by atoms with Crippen molar-refractivity contribution in [3.05, 3.63) is 35.1 Å². The first-order valence-electron chi connectivity index (χ1n) is 5.12. The molecule has 0 bridgehead atoms. The van der Waals surface area contributed by atoms with Crippen molar-refractivity contribution < 1.29 is 4.39 Å². The molecule has 1 aromatic carbocycles. The van der Waals surface area contributed by atoms with E-state index in [1.54, 1.807) is 13.0 Å². The lowest BCUT2D eigenvalue weighted by atomic mass is 9.95. The van der Waals surface area contributed by atoms with Crippen molar-refractivity contribution in [1.29, 1.82) is 0 Å². The van der Waals surface area contributed by atoms with E-state index in [0.717, 1.165) is 17.5 Å². The number of likely N-dealkylation sites (tertiary alicyclic amines) is 1. The first-order valence-corrected chi connectivity index (χ1v) is 5.12. The average Bonchev–Trinajstić information content (AvgIpc) is 2.17. The summed E-state index contributed by atoms with van der Waals surface area (Å²) in [5.41, 5.74) is 1.85. The Hall–Kier alpha value is -0.890. The highest BCUT2D eigenvalue weighted by molar-refractivity contribution is 5.24. The van der Waals surface area contributed by atoms with Gasteiger partial charge >= 0.3 is 0 Å². The molecule has 2 rings (SSSR count). The largest absolute Gasteiger partial charge is 0.303 e. The Morgan fingerprint density at radius 1 is 1.50 bits per heavy atom. The SMILES string of the molecule is Cc1ccc(CC2CCN2C)cc1F. The van der Waals surface area contributed by atoms with Crippen LogP contribution in [0.1, 0.15) is 17.5 Å². The maximum atomic E-state index is 13.2. The standard InChI is InChI=1S/C12H16FN/c1-9-3-4-10(8-12(9)13)7-11-5-6-14(11)2/h3-4,8,11H,5-7H2,1-2H3. The molecule has 76 valence electrons. The third kappa shape index (κ3) is 1.80. The summed E-state index contributed by atoms with van der Waals surface area (Å²) in [5, 5.41) is 0. The third-order valence-electron chi connectivity index (χ3n) is 3.15. The van der Waals surface area contributed by atoms with Crippen molar-refractivity contribution in [3.63, 3.8) is 0 Å². The smallest absolute Gasteiger partial charge is 0.126 e. The van der Waals surface area contributed by atoms with E-state index in [9.17, 15) is 4.39 Å². The average molecular weight is 193 g/mol. The van der Waals surface area contributed by atoms with E-state index in [0.29, 0.717) is 6.04 Å². The number of nitrogens with zero attached hydrogens (tertiary/aromatic N) is 1. The highest BCUT2D eigenvalue weighted by Crippen LogP contribution is 2.20. The van der Waals surface area contributed by atoms with Crippen molar-refractivity contribution in [2.45, 2.75) is 25.8 Å². The predicted molar refractivity (Wildman–Crippen MR) is 55.9 cm³/mol. The Morgan fingerprint density at radius 2 is 2.29 bits per heavy atom. The summed E-state index contributed by atoms with van der Waals surface area (Å²) in [4.78, 5) is 2.32. The van der Waals surface area contributed by atoms with E-state index in [1.165, 1.54) is 13.0 Å². The van der Waals surface area contributed by atoms with Gasteiger partial charge in [0, 0.05) is 6.04 Å². The fourth-order valence-electron chi connectivity index (χ4n) is 1.86. The van der Waals surface area contributed by atoms with Gasteiger partial charge in [-0.1, -0.05) is 12.1 Å². The summed E-state index contributed by atoms with van der Waals surface area (Å²) in [6.45, 7) is 2.98. The monoisotopic (exact) mass is 193 g/mol. The maximum Gasteiger partial charge on any atom is 0.126 e. The van der Waals surface area contributed by atoms with Gasteiger partial charge < -0.3 is 4.90 Å². The fourth-order valence-corrected chi connectivity index (χ4v) is 1.86. The van der Waals surface area contributed by atoms with Gasteiger partial charge in [0.1, 0.15) is 5.82 Å². The summed E-state index contributed by atoms with van der Waals surface area (Å²) in [7, 11) is 2.12. The van der Waals surface area contributed by atoms with E-state index >= 15 is 0 Å². The first kappa shape index (κ1) is 9.66. The minimum absolute atomic E-state index is 0.0792. The van der Waals surface area contributed by atoms with Gasteiger partial charge in [-0.3, -0.25) is 0 Å². The molecule has 0 aliphatic carbocycles. The van der Waals surface area contributed by atoms with Crippen molar-refractivity contribution in [1.82, 2.24) is 4.90 Å². The Balaban J connectivity index is 2.06. The molecule has 2 heteroatoms. The van der Waals surface area contributed by atoms with Crippen LogP contribution in [0.3, 0.4) is 0 Å². The molecule has 0 saturated carbocycles. The van der Waals surface area contributed by atoms with Gasteiger partial charge in [-0.2, -0.15) is 0 Å². The second kappa shape index (κ2) is 3.70. The summed E-state index contributed by atoms with van der Waals surface area (Å²) in [6.07, 6.45) is 2.22. The van der Waals surface area contributed by atoms with E-state index < -0.39 is 0 Å². The molecule has 1 atom stereocenters. The van der Waals surface area contributed by atoms with Gasteiger partial charge in [0.15, 0.2) is 0 Å². The third-order valence-corrected chi connectivity index (χ3v) is 3.15. The van der Waals surface area contributed by atoms with Gasteiger partial charge in [-0.05, 0) is 50.6 Å². The van der Waals surface area contributed by atoms with E-state index in [4.69, 9.17) is 0 Å². The Bertz CT molecular complexity index is 335.